The monoisotopic (exact) mass is 238 g/mol. The minimum atomic E-state index is -0.950. The van der Waals surface area contributed by atoms with Crippen molar-refractivity contribution in [1.29, 1.82) is 0 Å². The maximum absolute atomic E-state index is 10.9. The van der Waals surface area contributed by atoms with Gasteiger partial charge in [0.1, 0.15) is 0 Å². The van der Waals surface area contributed by atoms with Gasteiger partial charge >= 0.3 is 5.97 Å². The molecule has 0 bridgehead atoms. The van der Waals surface area contributed by atoms with E-state index in [1.165, 1.54) is 6.07 Å². The number of anilines is 2. The standard InChI is InChI=1S/C12H18N2O3/c1-3-14(6-7-17-2)11-8-9(12(15)16)4-5-10(11)13/h4-5,8H,3,6-7,13H2,1-2H3,(H,15,16). The zero-order valence-electron chi connectivity index (χ0n) is 10.1. The first-order valence-electron chi connectivity index (χ1n) is 5.46. The van der Waals surface area contributed by atoms with Crippen LogP contribution in [0.25, 0.3) is 0 Å². The van der Waals surface area contributed by atoms with Crippen LogP contribution in [-0.2, 0) is 4.74 Å². The molecular formula is C12H18N2O3. The lowest BCUT2D eigenvalue weighted by atomic mass is 10.1. The molecule has 0 spiro atoms. The number of methoxy groups -OCH3 is 1. The molecule has 0 unspecified atom stereocenters. The number of ether oxygens (including phenoxy) is 1. The van der Waals surface area contributed by atoms with Gasteiger partial charge in [0.05, 0.1) is 23.5 Å². The third-order valence-electron chi connectivity index (χ3n) is 2.57. The van der Waals surface area contributed by atoms with Crippen molar-refractivity contribution in [3.05, 3.63) is 23.8 Å². The smallest absolute Gasteiger partial charge is 0.335 e. The average molecular weight is 238 g/mol. The van der Waals surface area contributed by atoms with Crippen molar-refractivity contribution in [2.24, 2.45) is 0 Å². The number of likely N-dealkylation sites (N-methyl/N-ethyl adjacent to an activating group) is 1. The summed E-state index contributed by atoms with van der Waals surface area (Å²) >= 11 is 0. The first-order valence-corrected chi connectivity index (χ1v) is 5.46. The van der Waals surface area contributed by atoms with Crippen molar-refractivity contribution in [1.82, 2.24) is 0 Å². The number of aromatic carboxylic acids is 1. The molecule has 17 heavy (non-hydrogen) atoms. The van der Waals surface area contributed by atoms with Crippen LogP contribution in [0.5, 0.6) is 0 Å². The molecule has 5 nitrogen and oxygen atoms in total. The second-order valence-electron chi connectivity index (χ2n) is 3.65. The van der Waals surface area contributed by atoms with Crippen LogP contribution in [0.1, 0.15) is 17.3 Å². The van der Waals surface area contributed by atoms with Crippen LogP contribution in [0, 0.1) is 0 Å². The quantitative estimate of drug-likeness (QED) is 0.733. The van der Waals surface area contributed by atoms with Crippen molar-refractivity contribution in [3.8, 4) is 0 Å². The fourth-order valence-electron chi connectivity index (χ4n) is 1.60. The first kappa shape index (κ1) is 13.3. The van der Waals surface area contributed by atoms with E-state index in [0.29, 0.717) is 18.8 Å². The number of nitrogens with two attached hydrogens (primary N) is 1. The second kappa shape index (κ2) is 6.10. The molecule has 0 aromatic heterocycles. The molecule has 0 aliphatic rings. The molecular weight excluding hydrogens is 220 g/mol. The maximum atomic E-state index is 10.9. The maximum Gasteiger partial charge on any atom is 0.335 e. The Bertz CT molecular complexity index is 393. The predicted molar refractivity (Wildman–Crippen MR) is 67.6 cm³/mol. The van der Waals surface area contributed by atoms with E-state index in [1.54, 1.807) is 19.2 Å². The van der Waals surface area contributed by atoms with E-state index >= 15 is 0 Å². The summed E-state index contributed by atoms with van der Waals surface area (Å²) in [5.41, 5.74) is 7.42. The van der Waals surface area contributed by atoms with E-state index < -0.39 is 5.97 Å². The first-order chi connectivity index (χ1) is 8.10. The third-order valence-corrected chi connectivity index (χ3v) is 2.57. The molecule has 0 aliphatic carbocycles. The Morgan fingerprint density at radius 1 is 1.53 bits per heavy atom. The number of carboxylic acids is 1. The van der Waals surface area contributed by atoms with Gasteiger partial charge in [0.15, 0.2) is 0 Å². The summed E-state index contributed by atoms with van der Waals surface area (Å²) in [7, 11) is 1.63. The van der Waals surface area contributed by atoms with Crippen molar-refractivity contribution in [2.75, 3.05) is 37.4 Å². The largest absolute Gasteiger partial charge is 0.478 e. The molecule has 1 rings (SSSR count). The Morgan fingerprint density at radius 3 is 2.76 bits per heavy atom. The predicted octanol–water partition coefficient (Wildman–Crippen LogP) is 1.44. The van der Waals surface area contributed by atoms with Crippen LogP contribution in [0.15, 0.2) is 18.2 Å². The van der Waals surface area contributed by atoms with E-state index in [0.717, 1.165) is 12.2 Å². The summed E-state index contributed by atoms with van der Waals surface area (Å²) in [5.74, 6) is -0.950. The number of hydrogen-bond acceptors (Lipinski definition) is 4. The Kier molecular flexibility index (Phi) is 4.78. The molecule has 0 saturated heterocycles. The van der Waals surface area contributed by atoms with E-state index in [4.69, 9.17) is 15.6 Å². The second-order valence-corrected chi connectivity index (χ2v) is 3.65. The highest BCUT2D eigenvalue weighted by Crippen LogP contribution is 2.24. The van der Waals surface area contributed by atoms with Crippen molar-refractivity contribution in [3.63, 3.8) is 0 Å². The summed E-state index contributed by atoms with van der Waals surface area (Å²) in [5, 5.41) is 8.95. The molecule has 94 valence electrons. The molecule has 0 atom stereocenters. The van der Waals surface area contributed by atoms with Gasteiger partial charge in [-0.15, -0.1) is 0 Å². The summed E-state index contributed by atoms with van der Waals surface area (Å²) in [6, 6.07) is 4.72. The van der Waals surface area contributed by atoms with Crippen LogP contribution in [0.2, 0.25) is 0 Å². The van der Waals surface area contributed by atoms with Gasteiger partial charge in [-0.2, -0.15) is 0 Å². The van der Waals surface area contributed by atoms with Crippen LogP contribution in [-0.4, -0.2) is 37.9 Å². The highest BCUT2D eigenvalue weighted by molar-refractivity contribution is 5.90. The van der Waals surface area contributed by atoms with Crippen LogP contribution < -0.4 is 10.6 Å². The zero-order valence-corrected chi connectivity index (χ0v) is 10.1. The van der Waals surface area contributed by atoms with Gasteiger partial charge in [-0.25, -0.2) is 4.79 Å². The van der Waals surface area contributed by atoms with Gasteiger partial charge < -0.3 is 20.5 Å². The van der Waals surface area contributed by atoms with E-state index in [2.05, 4.69) is 0 Å². The molecule has 0 saturated carbocycles. The molecule has 0 aliphatic heterocycles. The molecule has 0 fully saturated rings. The van der Waals surface area contributed by atoms with Gasteiger partial charge in [-0.1, -0.05) is 0 Å². The summed E-state index contributed by atoms with van der Waals surface area (Å²) in [6.07, 6.45) is 0. The fraction of sp³-hybridized carbons (Fsp3) is 0.417. The van der Waals surface area contributed by atoms with Gasteiger partial charge in [0, 0.05) is 20.2 Å². The molecule has 0 heterocycles. The number of rotatable bonds is 6. The SMILES string of the molecule is CCN(CCOC)c1cc(C(=O)O)ccc1N. The Hall–Kier alpha value is -1.75. The van der Waals surface area contributed by atoms with E-state index in [-0.39, 0.29) is 5.56 Å². The lowest BCUT2D eigenvalue weighted by Crippen LogP contribution is -2.27. The summed E-state index contributed by atoms with van der Waals surface area (Å²) < 4.78 is 5.01. The molecule has 1 aromatic carbocycles. The van der Waals surface area contributed by atoms with Crippen LogP contribution in [0.3, 0.4) is 0 Å². The average Bonchev–Trinajstić information content (AvgIpc) is 2.31. The highest BCUT2D eigenvalue weighted by Gasteiger charge is 2.11. The zero-order chi connectivity index (χ0) is 12.8. The molecule has 0 radical (unpaired) electrons. The van der Waals surface area contributed by atoms with Gasteiger partial charge in [0.2, 0.25) is 0 Å². The van der Waals surface area contributed by atoms with E-state index in [1.807, 2.05) is 11.8 Å². The van der Waals surface area contributed by atoms with Gasteiger partial charge in [-0.3, -0.25) is 0 Å². The molecule has 1 aromatic rings. The number of carbonyl (C=O) groups is 1. The number of hydrogen-bond donors (Lipinski definition) is 2. The number of nitrogen functional groups attached to an aromatic ring is 1. The van der Waals surface area contributed by atoms with Crippen molar-refractivity contribution >= 4 is 17.3 Å². The molecule has 5 heteroatoms. The fourth-order valence-corrected chi connectivity index (χ4v) is 1.60. The van der Waals surface area contributed by atoms with Gasteiger partial charge in [0.25, 0.3) is 0 Å². The Morgan fingerprint density at radius 2 is 2.24 bits per heavy atom. The topological polar surface area (TPSA) is 75.8 Å². The number of nitrogens with zero attached hydrogens (tertiary/aromatic N) is 1. The van der Waals surface area contributed by atoms with Crippen molar-refractivity contribution in [2.45, 2.75) is 6.92 Å². The Labute approximate surface area is 101 Å². The van der Waals surface area contributed by atoms with Crippen LogP contribution >= 0.6 is 0 Å². The highest BCUT2D eigenvalue weighted by atomic mass is 16.5. The Balaban J connectivity index is 3.00. The number of benzene rings is 1. The third kappa shape index (κ3) is 3.35. The van der Waals surface area contributed by atoms with Crippen LogP contribution in [0.4, 0.5) is 11.4 Å². The number of carboxylic acid groups (broad SMARTS) is 1. The lowest BCUT2D eigenvalue weighted by molar-refractivity contribution is 0.0697. The minimum absolute atomic E-state index is 0.241. The van der Waals surface area contributed by atoms with Gasteiger partial charge in [-0.05, 0) is 25.1 Å². The normalized spacial score (nSPS) is 10.2. The van der Waals surface area contributed by atoms with Crippen molar-refractivity contribution < 1.29 is 14.6 Å². The molecule has 0 amide bonds. The summed E-state index contributed by atoms with van der Waals surface area (Å²) in [4.78, 5) is 12.9. The van der Waals surface area contributed by atoms with E-state index in [9.17, 15) is 4.79 Å². The lowest BCUT2D eigenvalue weighted by Gasteiger charge is -2.24. The molecule has 3 N–H and O–H groups in total. The summed E-state index contributed by atoms with van der Waals surface area (Å²) in [6.45, 7) is 3.99. The minimum Gasteiger partial charge on any atom is -0.478 e.